The van der Waals surface area contributed by atoms with Crippen molar-refractivity contribution in [3.8, 4) is 5.75 Å². The van der Waals surface area contributed by atoms with Crippen LogP contribution in [-0.2, 0) is 11.3 Å². The van der Waals surface area contributed by atoms with Crippen LogP contribution in [0.2, 0.25) is 0 Å². The van der Waals surface area contributed by atoms with Crippen LogP contribution >= 0.6 is 0 Å². The van der Waals surface area contributed by atoms with Crippen molar-refractivity contribution in [3.05, 3.63) is 59.9 Å². The molecule has 2 aromatic rings. The Morgan fingerprint density at radius 1 is 1.00 bits per heavy atom. The summed E-state index contributed by atoms with van der Waals surface area (Å²) in [4.78, 5) is 27.3. The average molecular weight is 367 g/mol. The molecule has 2 amide bonds. The highest BCUT2D eigenvalue weighted by molar-refractivity contribution is 5.94. The van der Waals surface area contributed by atoms with E-state index in [4.69, 9.17) is 0 Å². The molecule has 0 atom stereocenters. The summed E-state index contributed by atoms with van der Waals surface area (Å²) in [6.45, 7) is 0.314. The number of hydrogen-bond acceptors (Lipinski definition) is 4. The standard InChI is InChI=1S/C17H16F3N3O3/c18-17(19,20)26-14-3-1-12(2-4-14)11-23-15(24)7-10-22-16(25)13-5-8-21-9-6-13/h1-6,8-9H,7,10-11H2,(H,22,25)(H,23,24). The van der Waals surface area contributed by atoms with Gasteiger partial charge in [-0.25, -0.2) is 0 Å². The predicted molar refractivity (Wildman–Crippen MR) is 86.2 cm³/mol. The topological polar surface area (TPSA) is 80.3 Å². The van der Waals surface area contributed by atoms with Crippen molar-refractivity contribution in [2.24, 2.45) is 0 Å². The first-order valence-corrected chi connectivity index (χ1v) is 7.63. The summed E-state index contributed by atoms with van der Waals surface area (Å²) < 4.78 is 40.0. The third kappa shape index (κ3) is 6.80. The van der Waals surface area contributed by atoms with Gasteiger partial charge in [0.05, 0.1) is 0 Å². The van der Waals surface area contributed by atoms with Crippen molar-refractivity contribution in [3.63, 3.8) is 0 Å². The number of pyridine rings is 1. The van der Waals surface area contributed by atoms with Gasteiger partial charge < -0.3 is 15.4 Å². The monoisotopic (exact) mass is 367 g/mol. The van der Waals surface area contributed by atoms with Gasteiger partial charge in [0.25, 0.3) is 5.91 Å². The molecule has 2 N–H and O–H groups in total. The van der Waals surface area contributed by atoms with Crippen LogP contribution in [-0.4, -0.2) is 29.7 Å². The molecule has 6 nitrogen and oxygen atoms in total. The maximum Gasteiger partial charge on any atom is 0.573 e. The lowest BCUT2D eigenvalue weighted by atomic mass is 10.2. The van der Waals surface area contributed by atoms with Crippen LogP contribution in [0.15, 0.2) is 48.8 Å². The van der Waals surface area contributed by atoms with Gasteiger partial charge in [-0.2, -0.15) is 0 Å². The van der Waals surface area contributed by atoms with E-state index in [1.807, 2.05) is 0 Å². The summed E-state index contributed by atoms with van der Waals surface area (Å²) in [6.07, 6.45) is -1.68. The normalized spacial score (nSPS) is 10.9. The lowest BCUT2D eigenvalue weighted by molar-refractivity contribution is -0.274. The Kier molecular flexibility index (Phi) is 6.54. The average Bonchev–Trinajstić information content (AvgIpc) is 2.60. The van der Waals surface area contributed by atoms with Crippen LogP contribution in [0, 0.1) is 0 Å². The Balaban J connectivity index is 1.69. The lowest BCUT2D eigenvalue weighted by Crippen LogP contribution is -2.30. The molecule has 0 aliphatic heterocycles. The molecule has 0 unspecified atom stereocenters. The van der Waals surface area contributed by atoms with Gasteiger partial charge in [-0.1, -0.05) is 12.1 Å². The largest absolute Gasteiger partial charge is 0.573 e. The minimum atomic E-state index is -4.74. The highest BCUT2D eigenvalue weighted by Gasteiger charge is 2.30. The third-order valence-corrected chi connectivity index (χ3v) is 3.23. The molecular weight excluding hydrogens is 351 g/mol. The molecule has 26 heavy (non-hydrogen) atoms. The first-order valence-electron chi connectivity index (χ1n) is 7.63. The number of ether oxygens (including phenoxy) is 1. The van der Waals surface area contributed by atoms with E-state index in [-0.39, 0.29) is 37.1 Å². The summed E-state index contributed by atoms with van der Waals surface area (Å²) in [5.41, 5.74) is 1.07. The molecule has 1 aromatic carbocycles. The number of alkyl halides is 3. The Morgan fingerprint density at radius 2 is 1.65 bits per heavy atom. The number of aromatic nitrogens is 1. The Morgan fingerprint density at radius 3 is 2.27 bits per heavy atom. The smallest absolute Gasteiger partial charge is 0.406 e. The molecule has 1 heterocycles. The molecule has 0 saturated carbocycles. The number of nitrogens with zero attached hydrogens (tertiary/aromatic N) is 1. The second kappa shape index (κ2) is 8.84. The van der Waals surface area contributed by atoms with E-state index in [0.717, 1.165) is 0 Å². The van der Waals surface area contributed by atoms with E-state index in [9.17, 15) is 22.8 Å². The van der Waals surface area contributed by atoms with E-state index < -0.39 is 6.36 Å². The van der Waals surface area contributed by atoms with Crippen molar-refractivity contribution in [2.75, 3.05) is 6.54 Å². The number of carbonyl (C=O) groups is 2. The Hall–Kier alpha value is -3.10. The number of nitrogens with one attached hydrogen (secondary N) is 2. The van der Waals surface area contributed by atoms with Crippen LogP contribution in [0.1, 0.15) is 22.3 Å². The van der Waals surface area contributed by atoms with Crippen LogP contribution in [0.5, 0.6) is 5.75 Å². The molecule has 0 saturated heterocycles. The van der Waals surface area contributed by atoms with Gasteiger partial charge in [-0.3, -0.25) is 14.6 Å². The molecule has 9 heteroatoms. The summed E-state index contributed by atoms with van der Waals surface area (Å²) in [5.74, 6) is -0.928. The molecule has 1 aromatic heterocycles. The highest BCUT2D eigenvalue weighted by atomic mass is 19.4. The van der Waals surface area contributed by atoms with Crippen LogP contribution in [0.25, 0.3) is 0 Å². The highest BCUT2D eigenvalue weighted by Crippen LogP contribution is 2.22. The summed E-state index contributed by atoms with van der Waals surface area (Å²) in [5, 5.41) is 5.22. The zero-order valence-electron chi connectivity index (χ0n) is 13.5. The van der Waals surface area contributed by atoms with E-state index in [0.29, 0.717) is 11.1 Å². The summed E-state index contributed by atoms with van der Waals surface area (Å²) >= 11 is 0. The number of hydrogen-bond donors (Lipinski definition) is 2. The van der Waals surface area contributed by atoms with Crippen molar-refractivity contribution in [2.45, 2.75) is 19.3 Å². The number of benzene rings is 1. The lowest BCUT2D eigenvalue weighted by Gasteiger charge is -2.10. The SMILES string of the molecule is O=C(CCNC(=O)c1ccncc1)NCc1ccc(OC(F)(F)F)cc1. The molecule has 0 bridgehead atoms. The number of amides is 2. The Labute approximate surface area is 147 Å². The van der Waals surface area contributed by atoms with Crippen molar-refractivity contribution in [1.82, 2.24) is 15.6 Å². The van der Waals surface area contributed by atoms with Gasteiger partial charge >= 0.3 is 6.36 Å². The van der Waals surface area contributed by atoms with Crippen LogP contribution in [0.3, 0.4) is 0 Å². The molecule has 138 valence electrons. The first-order chi connectivity index (χ1) is 12.3. The number of halogens is 3. The first kappa shape index (κ1) is 19.2. The minimum absolute atomic E-state index is 0.0755. The zero-order chi connectivity index (χ0) is 19.0. The van der Waals surface area contributed by atoms with Gasteiger partial charge in [0.1, 0.15) is 5.75 Å². The molecule has 0 spiro atoms. The van der Waals surface area contributed by atoms with Crippen LogP contribution in [0.4, 0.5) is 13.2 Å². The fraction of sp³-hybridized carbons (Fsp3) is 0.235. The van der Waals surface area contributed by atoms with Gasteiger partial charge in [0, 0.05) is 37.5 Å². The van der Waals surface area contributed by atoms with Gasteiger partial charge in [-0.15, -0.1) is 13.2 Å². The predicted octanol–water partition coefficient (Wildman–Crippen LogP) is 2.42. The van der Waals surface area contributed by atoms with Gasteiger partial charge in [0.15, 0.2) is 0 Å². The minimum Gasteiger partial charge on any atom is -0.406 e. The van der Waals surface area contributed by atoms with E-state index in [1.54, 1.807) is 12.1 Å². The maximum absolute atomic E-state index is 12.1. The van der Waals surface area contributed by atoms with E-state index >= 15 is 0 Å². The quantitative estimate of drug-likeness (QED) is 0.788. The number of carbonyl (C=O) groups excluding carboxylic acids is 2. The second-order valence-electron chi connectivity index (χ2n) is 5.21. The Bertz CT molecular complexity index is 734. The molecule has 0 radical (unpaired) electrons. The van der Waals surface area contributed by atoms with Gasteiger partial charge in [-0.05, 0) is 29.8 Å². The molecule has 2 rings (SSSR count). The molecule has 0 fully saturated rings. The third-order valence-electron chi connectivity index (χ3n) is 3.23. The molecule has 0 aliphatic carbocycles. The van der Waals surface area contributed by atoms with Crippen molar-refractivity contribution >= 4 is 11.8 Å². The molecular formula is C17H16F3N3O3. The van der Waals surface area contributed by atoms with E-state index in [2.05, 4.69) is 20.4 Å². The fourth-order valence-electron chi connectivity index (χ4n) is 1.99. The zero-order valence-corrected chi connectivity index (χ0v) is 13.5. The fourth-order valence-corrected chi connectivity index (χ4v) is 1.99. The number of rotatable bonds is 7. The van der Waals surface area contributed by atoms with Gasteiger partial charge in [0.2, 0.25) is 5.91 Å². The molecule has 0 aliphatic rings. The summed E-state index contributed by atoms with van der Waals surface area (Å²) in [7, 11) is 0. The van der Waals surface area contributed by atoms with Crippen molar-refractivity contribution < 1.29 is 27.5 Å². The van der Waals surface area contributed by atoms with Crippen LogP contribution < -0.4 is 15.4 Å². The van der Waals surface area contributed by atoms with E-state index in [1.165, 1.54) is 36.7 Å². The maximum atomic E-state index is 12.1. The second-order valence-corrected chi connectivity index (χ2v) is 5.21. The summed E-state index contributed by atoms with van der Waals surface area (Å²) in [6, 6.07) is 8.30. The van der Waals surface area contributed by atoms with Crippen molar-refractivity contribution in [1.29, 1.82) is 0 Å².